The Labute approximate surface area is 133 Å². The summed E-state index contributed by atoms with van der Waals surface area (Å²) < 4.78 is 56.8. The standard InChI is InChI=1S/C16H15FO5S/c1-10-2-5-16(23(18,19)20)11(6-10)7-13-9-21-14-4-3-12(17)8-15(14)22-13/h2-6,8,13H,7,9H2,1H3,(H,18,19,20)/t13-/m1/s1. The van der Waals surface area contributed by atoms with Gasteiger partial charge >= 0.3 is 0 Å². The lowest BCUT2D eigenvalue weighted by atomic mass is 10.0. The van der Waals surface area contributed by atoms with Gasteiger partial charge in [-0.25, -0.2) is 4.39 Å². The SMILES string of the molecule is Cc1ccc(S(=O)(=O)O)c(C[C@@H]2COc3ccc(F)cc3O2)c1. The summed E-state index contributed by atoms with van der Waals surface area (Å²) in [5.41, 5.74) is 1.29. The highest BCUT2D eigenvalue weighted by atomic mass is 32.2. The molecule has 2 aromatic carbocycles. The third kappa shape index (κ3) is 3.46. The molecule has 0 spiro atoms. The largest absolute Gasteiger partial charge is 0.486 e. The van der Waals surface area contributed by atoms with E-state index in [1.54, 1.807) is 12.1 Å². The molecule has 1 aliphatic heterocycles. The first-order chi connectivity index (χ1) is 10.8. The molecule has 0 bridgehead atoms. The highest BCUT2D eigenvalue weighted by Crippen LogP contribution is 2.33. The summed E-state index contributed by atoms with van der Waals surface area (Å²) in [6.45, 7) is 2.03. The number of hydrogen-bond donors (Lipinski definition) is 1. The first-order valence-corrected chi connectivity index (χ1v) is 8.43. The summed E-state index contributed by atoms with van der Waals surface area (Å²) in [7, 11) is -4.32. The molecule has 1 aliphatic rings. The molecule has 0 saturated heterocycles. The minimum Gasteiger partial charge on any atom is -0.486 e. The van der Waals surface area contributed by atoms with Crippen LogP contribution in [0.25, 0.3) is 0 Å². The number of fused-ring (bicyclic) bond motifs is 1. The fourth-order valence-corrected chi connectivity index (χ4v) is 3.27. The van der Waals surface area contributed by atoms with Gasteiger partial charge in [-0.3, -0.25) is 4.55 Å². The summed E-state index contributed by atoms with van der Waals surface area (Å²) in [5.74, 6) is 0.284. The predicted octanol–water partition coefficient (Wildman–Crippen LogP) is 2.76. The lowest BCUT2D eigenvalue weighted by molar-refractivity contribution is 0.0902. The maximum Gasteiger partial charge on any atom is 0.294 e. The highest BCUT2D eigenvalue weighted by molar-refractivity contribution is 7.85. The first-order valence-electron chi connectivity index (χ1n) is 6.99. The molecule has 0 saturated carbocycles. The number of benzene rings is 2. The summed E-state index contributed by atoms with van der Waals surface area (Å²) in [6.07, 6.45) is -0.265. The van der Waals surface area contributed by atoms with Crippen molar-refractivity contribution in [2.75, 3.05) is 6.61 Å². The lowest BCUT2D eigenvalue weighted by Gasteiger charge is -2.27. The van der Waals surface area contributed by atoms with E-state index in [0.717, 1.165) is 5.56 Å². The van der Waals surface area contributed by atoms with Crippen LogP contribution in [0.3, 0.4) is 0 Å². The van der Waals surface area contributed by atoms with Crippen molar-refractivity contribution in [1.29, 1.82) is 0 Å². The van der Waals surface area contributed by atoms with Gasteiger partial charge in [0.2, 0.25) is 0 Å². The Morgan fingerprint density at radius 1 is 1.22 bits per heavy atom. The van der Waals surface area contributed by atoms with Crippen LogP contribution in [0.1, 0.15) is 11.1 Å². The third-order valence-electron chi connectivity index (χ3n) is 3.57. The van der Waals surface area contributed by atoms with Crippen LogP contribution in [0, 0.1) is 12.7 Å². The van der Waals surface area contributed by atoms with Crippen molar-refractivity contribution in [3.8, 4) is 11.5 Å². The van der Waals surface area contributed by atoms with E-state index < -0.39 is 22.0 Å². The van der Waals surface area contributed by atoms with E-state index in [2.05, 4.69) is 0 Å². The van der Waals surface area contributed by atoms with Crippen LogP contribution >= 0.6 is 0 Å². The number of rotatable bonds is 3. The van der Waals surface area contributed by atoms with Crippen molar-refractivity contribution in [2.45, 2.75) is 24.3 Å². The van der Waals surface area contributed by atoms with Crippen molar-refractivity contribution < 1.29 is 26.8 Å². The Morgan fingerprint density at radius 2 is 2.00 bits per heavy atom. The molecule has 0 aliphatic carbocycles. The summed E-state index contributed by atoms with van der Waals surface area (Å²) in [6, 6.07) is 8.62. The molecular weight excluding hydrogens is 323 g/mol. The van der Waals surface area contributed by atoms with E-state index in [0.29, 0.717) is 11.3 Å². The fourth-order valence-electron chi connectivity index (χ4n) is 2.55. The zero-order valence-corrected chi connectivity index (χ0v) is 13.1. The van der Waals surface area contributed by atoms with E-state index in [1.165, 1.54) is 24.3 Å². The number of halogens is 1. The number of aryl methyl sites for hydroxylation is 1. The number of ether oxygens (including phenoxy) is 2. The molecule has 0 unspecified atom stereocenters. The molecule has 23 heavy (non-hydrogen) atoms. The van der Waals surface area contributed by atoms with Gasteiger partial charge in [-0.1, -0.05) is 17.7 Å². The van der Waals surface area contributed by atoms with Crippen molar-refractivity contribution in [1.82, 2.24) is 0 Å². The van der Waals surface area contributed by atoms with Gasteiger partial charge in [0.1, 0.15) is 18.5 Å². The molecule has 1 N–H and O–H groups in total. The summed E-state index contributed by atoms with van der Waals surface area (Å²) >= 11 is 0. The zero-order chi connectivity index (χ0) is 16.6. The molecule has 7 heteroatoms. The molecule has 0 radical (unpaired) electrons. The third-order valence-corrected chi connectivity index (χ3v) is 4.52. The second-order valence-electron chi connectivity index (χ2n) is 5.43. The van der Waals surface area contributed by atoms with E-state index >= 15 is 0 Å². The Balaban J connectivity index is 1.88. The molecular formula is C16H15FO5S. The minimum atomic E-state index is -4.32. The minimum absolute atomic E-state index is 0.156. The number of hydrogen-bond acceptors (Lipinski definition) is 4. The Kier molecular flexibility index (Phi) is 3.99. The molecule has 0 amide bonds. The summed E-state index contributed by atoms with van der Waals surface area (Å²) in [5, 5.41) is 0. The van der Waals surface area contributed by atoms with Gasteiger partial charge in [-0.15, -0.1) is 0 Å². The van der Waals surface area contributed by atoms with E-state index in [9.17, 15) is 17.4 Å². The van der Waals surface area contributed by atoms with Crippen LogP contribution in [0.15, 0.2) is 41.3 Å². The van der Waals surface area contributed by atoms with Gasteiger partial charge in [-0.05, 0) is 30.7 Å². The van der Waals surface area contributed by atoms with Crippen LogP contribution in [0.5, 0.6) is 11.5 Å². The molecule has 3 rings (SSSR count). The van der Waals surface area contributed by atoms with Crippen LogP contribution in [-0.4, -0.2) is 25.7 Å². The molecule has 0 fully saturated rings. The molecule has 122 valence electrons. The molecule has 0 aromatic heterocycles. The maximum absolute atomic E-state index is 13.3. The van der Waals surface area contributed by atoms with Gasteiger partial charge < -0.3 is 9.47 Å². The fraction of sp³-hybridized carbons (Fsp3) is 0.250. The van der Waals surface area contributed by atoms with Gasteiger partial charge in [-0.2, -0.15) is 8.42 Å². The average Bonchev–Trinajstić information content (AvgIpc) is 2.45. The van der Waals surface area contributed by atoms with Gasteiger partial charge in [0.25, 0.3) is 10.1 Å². The Morgan fingerprint density at radius 3 is 2.74 bits per heavy atom. The molecule has 1 atom stereocenters. The Hall–Kier alpha value is -2.12. The normalized spacial score (nSPS) is 17.1. The van der Waals surface area contributed by atoms with Crippen molar-refractivity contribution in [3.63, 3.8) is 0 Å². The Bertz CT molecular complexity index is 848. The monoisotopic (exact) mass is 338 g/mol. The average molecular weight is 338 g/mol. The van der Waals surface area contributed by atoms with Crippen LogP contribution in [0.4, 0.5) is 4.39 Å². The second-order valence-corrected chi connectivity index (χ2v) is 6.82. The first kappa shape index (κ1) is 15.8. The van der Waals surface area contributed by atoms with Crippen LogP contribution < -0.4 is 9.47 Å². The second kappa shape index (κ2) is 5.82. The van der Waals surface area contributed by atoms with Crippen molar-refractivity contribution >= 4 is 10.1 Å². The van der Waals surface area contributed by atoms with Crippen molar-refractivity contribution in [3.05, 3.63) is 53.3 Å². The van der Waals surface area contributed by atoms with Crippen LogP contribution in [-0.2, 0) is 16.5 Å². The smallest absolute Gasteiger partial charge is 0.294 e. The maximum atomic E-state index is 13.3. The predicted molar refractivity (Wildman–Crippen MR) is 81.0 cm³/mol. The highest BCUT2D eigenvalue weighted by Gasteiger charge is 2.25. The lowest BCUT2D eigenvalue weighted by Crippen LogP contribution is -2.31. The van der Waals surface area contributed by atoms with E-state index in [-0.39, 0.29) is 23.7 Å². The molecule has 2 aromatic rings. The molecule has 1 heterocycles. The van der Waals surface area contributed by atoms with E-state index in [1.807, 2.05) is 6.92 Å². The van der Waals surface area contributed by atoms with Gasteiger partial charge in [0.15, 0.2) is 11.5 Å². The van der Waals surface area contributed by atoms with Crippen molar-refractivity contribution in [2.24, 2.45) is 0 Å². The summed E-state index contributed by atoms with van der Waals surface area (Å²) in [4.78, 5) is -0.156. The topological polar surface area (TPSA) is 72.8 Å². The molecule has 5 nitrogen and oxygen atoms in total. The van der Waals surface area contributed by atoms with Gasteiger partial charge in [0.05, 0.1) is 4.90 Å². The quantitative estimate of drug-likeness (QED) is 0.871. The zero-order valence-electron chi connectivity index (χ0n) is 12.3. The van der Waals surface area contributed by atoms with Gasteiger partial charge in [0, 0.05) is 12.5 Å². The van der Waals surface area contributed by atoms with E-state index in [4.69, 9.17) is 9.47 Å². The van der Waals surface area contributed by atoms with Crippen LogP contribution in [0.2, 0.25) is 0 Å².